The maximum absolute atomic E-state index is 12.6. The predicted octanol–water partition coefficient (Wildman–Crippen LogP) is 4.71. The van der Waals surface area contributed by atoms with Gasteiger partial charge in [-0.15, -0.1) is 0 Å². The van der Waals surface area contributed by atoms with Crippen molar-refractivity contribution >= 4 is 11.6 Å². The first-order valence-electron chi connectivity index (χ1n) is 9.62. The number of ether oxygens (including phenoxy) is 1. The summed E-state index contributed by atoms with van der Waals surface area (Å²) in [6, 6.07) is 15.9. The van der Waals surface area contributed by atoms with E-state index < -0.39 is 0 Å². The van der Waals surface area contributed by atoms with E-state index in [0.717, 1.165) is 48.5 Å². The lowest BCUT2D eigenvalue weighted by Crippen LogP contribution is -2.31. The van der Waals surface area contributed by atoms with E-state index in [1.807, 2.05) is 54.3 Å². The van der Waals surface area contributed by atoms with Crippen LogP contribution in [0.2, 0.25) is 0 Å². The van der Waals surface area contributed by atoms with Crippen molar-refractivity contribution in [2.24, 2.45) is 0 Å². The van der Waals surface area contributed by atoms with Crippen LogP contribution < -0.4 is 10.1 Å². The number of benzene rings is 2. The van der Waals surface area contributed by atoms with E-state index in [9.17, 15) is 4.79 Å². The Morgan fingerprint density at radius 3 is 2.38 bits per heavy atom. The van der Waals surface area contributed by atoms with Gasteiger partial charge in [0.05, 0.1) is 6.61 Å². The summed E-state index contributed by atoms with van der Waals surface area (Å²) in [6.07, 6.45) is 4.70. The zero-order valence-electron chi connectivity index (χ0n) is 15.5. The predicted molar refractivity (Wildman–Crippen MR) is 106 cm³/mol. The Kier molecular flexibility index (Phi) is 6.53. The van der Waals surface area contributed by atoms with Crippen molar-refractivity contribution in [3.63, 3.8) is 0 Å². The Bertz CT molecular complexity index is 704. The molecule has 4 heteroatoms. The standard InChI is InChI=1S/C22H28N2O2/c1-2-26-21-10-6-5-9-19(21)17-23-20-13-11-18(12-14-20)22(25)24-15-7-3-4-8-16-24/h5-6,9-14,23H,2-4,7-8,15-17H2,1H3. The van der Waals surface area contributed by atoms with Gasteiger partial charge in [0.15, 0.2) is 0 Å². The summed E-state index contributed by atoms with van der Waals surface area (Å²) in [5, 5.41) is 3.41. The fourth-order valence-corrected chi connectivity index (χ4v) is 3.33. The highest BCUT2D eigenvalue weighted by atomic mass is 16.5. The number of anilines is 1. The number of nitrogens with one attached hydrogen (secondary N) is 1. The van der Waals surface area contributed by atoms with Gasteiger partial charge in [-0.2, -0.15) is 0 Å². The first-order valence-corrected chi connectivity index (χ1v) is 9.62. The molecule has 0 aliphatic carbocycles. The van der Waals surface area contributed by atoms with Gasteiger partial charge in [-0.3, -0.25) is 4.79 Å². The maximum atomic E-state index is 12.6. The van der Waals surface area contributed by atoms with Crippen LogP contribution in [0.15, 0.2) is 48.5 Å². The summed E-state index contributed by atoms with van der Waals surface area (Å²) in [5.74, 6) is 1.07. The Labute approximate surface area is 156 Å². The van der Waals surface area contributed by atoms with E-state index in [1.54, 1.807) is 0 Å². The normalized spacial score (nSPS) is 14.6. The minimum Gasteiger partial charge on any atom is -0.494 e. The molecule has 3 rings (SSSR count). The van der Waals surface area contributed by atoms with Gasteiger partial charge < -0.3 is 15.0 Å². The lowest BCUT2D eigenvalue weighted by molar-refractivity contribution is 0.0761. The summed E-state index contributed by atoms with van der Waals surface area (Å²) < 4.78 is 5.66. The molecule has 0 bridgehead atoms. The molecular weight excluding hydrogens is 324 g/mol. The molecule has 1 amide bonds. The van der Waals surface area contributed by atoms with E-state index in [0.29, 0.717) is 13.2 Å². The van der Waals surface area contributed by atoms with Gasteiger partial charge in [0.2, 0.25) is 0 Å². The first kappa shape index (κ1) is 18.3. The Morgan fingerprint density at radius 1 is 1.00 bits per heavy atom. The van der Waals surface area contributed by atoms with Crippen LogP contribution in [0.5, 0.6) is 5.75 Å². The number of carbonyl (C=O) groups excluding carboxylic acids is 1. The number of hydrogen-bond acceptors (Lipinski definition) is 3. The molecule has 1 saturated heterocycles. The second-order valence-electron chi connectivity index (χ2n) is 6.68. The fourth-order valence-electron chi connectivity index (χ4n) is 3.33. The van der Waals surface area contributed by atoms with Crippen LogP contribution in [0.4, 0.5) is 5.69 Å². The van der Waals surface area contributed by atoms with Crippen molar-refractivity contribution in [1.82, 2.24) is 4.90 Å². The van der Waals surface area contributed by atoms with Crippen LogP contribution in [0.25, 0.3) is 0 Å². The fraction of sp³-hybridized carbons (Fsp3) is 0.409. The number of rotatable bonds is 6. The van der Waals surface area contributed by atoms with Gasteiger partial charge in [-0.05, 0) is 50.1 Å². The molecular formula is C22H28N2O2. The molecule has 1 fully saturated rings. The zero-order valence-corrected chi connectivity index (χ0v) is 15.5. The third-order valence-electron chi connectivity index (χ3n) is 4.78. The molecule has 0 atom stereocenters. The summed E-state index contributed by atoms with van der Waals surface area (Å²) in [5.41, 5.74) is 2.90. The minimum absolute atomic E-state index is 0.153. The smallest absolute Gasteiger partial charge is 0.253 e. The van der Waals surface area contributed by atoms with Crippen molar-refractivity contribution in [2.45, 2.75) is 39.2 Å². The van der Waals surface area contributed by atoms with E-state index >= 15 is 0 Å². The number of hydrogen-bond donors (Lipinski definition) is 1. The molecule has 26 heavy (non-hydrogen) atoms. The van der Waals surface area contributed by atoms with Crippen molar-refractivity contribution in [3.8, 4) is 5.75 Å². The highest BCUT2D eigenvalue weighted by Crippen LogP contribution is 2.20. The van der Waals surface area contributed by atoms with Crippen LogP contribution in [-0.4, -0.2) is 30.5 Å². The molecule has 138 valence electrons. The molecule has 0 saturated carbocycles. The minimum atomic E-state index is 0.153. The number of nitrogens with zero attached hydrogens (tertiary/aromatic N) is 1. The van der Waals surface area contributed by atoms with Crippen LogP contribution in [0.1, 0.15) is 48.5 Å². The quantitative estimate of drug-likeness (QED) is 0.818. The number of likely N-dealkylation sites (tertiary alicyclic amines) is 1. The monoisotopic (exact) mass is 352 g/mol. The zero-order chi connectivity index (χ0) is 18.2. The van der Waals surface area contributed by atoms with Gasteiger partial charge in [-0.25, -0.2) is 0 Å². The summed E-state index contributed by atoms with van der Waals surface area (Å²) in [4.78, 5) is 14.6. The van der Waals surface area contributed by atoms with E-state index in [-0.39, 0.29) is 5.91 Å². The third-order valence-corrected chi connectivity index (χ3v) is 4.78. The van der Waals surface area contributed by atoms with Gasteiger partial charge in [-0.1, -0.05) is 31.0 Å². The van der Waals surface area contributed by atoms with E-state index in [4.69, 9.17) is 4.74 Å². The molecule has 0 spiro atoms. The molecule has 0 aromatic heterocycles. The molecule has 1 aliphatic rings. The lowest BCUT2D eigenvalue weighted by atomic mass is 10.1. The van der Waals surface area contributed by atoms with Gasteiger partial charge >= 0.3 is 0 Å². The highest BCUT2D eigenvalue weighted by molar-refractivity contribution is 5.94. The SMILES string of the molecule is CCOc1ccccc1CNc1ccc(C(=O)N2CCCCCC2)cc1. The van der Waals surface area contributed by atoms with E-state index in [1.165, 1.54) is 12.8 Å². The number of para-hydroxylation sites is 1. The topological polar surface area (TPSA) is 41.6 Å². The highest BCUT2D eigenvalue weighted by Gasteiger charge is 2.17. The number of amides is 1. The first-order chi connectivity index (χ1) is 12.8. The lowest BCUT2D eigenvalue weighted by Gasteiger charge is -2.20. The summed E-state index contributed by atoms with van der Waals surface area (Å²) in [7, 11) is 0. The van der Waals surface area contributed by atoms with Gasteiger partial charge in [0.25, 0.3) is 5.91 Å². The molecule has 1 heterocycles. The largest absolute Gasteiger partial charge is 0.494 e. The van der Waals surface area contributed by atoms with Crippen molar-refractivity contribution in [3.05, 3.63) is 59.7 Å². The second-order valence-corrected chi connectivity index (χ2v) is 6.68. The van der Waals surface area contributed by atoms with Crippen LogP contribution in [0, 0.1) is 0 Å². The molecule has 1 aliphatic heterocycles. The second kappa shape index (κ2) is 9.27. The average molecular weight is 352 g/mol. The molecule has 4 nitrogen and oxygen atoms in total. The summed E-state index contributed by atoms with van der Waals surface area (Å²) in [6.45, 7) is 5.10. The average Bonchev–Trinajstić information content (AvgIpc) is 2.97. The van der Waals surface area contributed by atoms with Crippen molar-refractivity contribution < 1.29 is 9.53 Å². The Morgan fingerprint density at radius 2 is 1.69 bits per heavy atom. The Balaban J connectivity index is 1.60. The molecule has 2 aromatic rings. The van der Waals surface area contributed by atoms with Crippen LogP contribution in [0.3, 0.4) is 0 Å². The van der Waals surface area contributed by atoms with Gasteiger partial charge in [0, 0.05) is 36.4 Å². The molecule has 0 radical (unpaired) electrons. The third kappa shape index (κ3) is 4.78. The molecule has 2 aromatic carbocycles. The van der Waals surface area contributed by atoms with Crippen molar-refractivity contribution in [2.75, 3.05) is 25.0 Å². The molecule has 1 N–H and O–H groups in total. The van der Waals surface area contributed by atoms with Crippen LogP contribution >= 0.6 is 0 Å². The van der Waals surface area contributed by atoms with Crippen molar-refractivity contribution in [1.29, 1.82) is 0 Å². The Hall–Kier alpha value is -2.49. The molecule has 0 unspecified atom stereocenters. The summed E-state index contributed by atoms with van der Waals surface area (Å²) >= 11 is 0. The number of carbonyl (C=O) groups is 1. The van der Waals surface area contributed by atoms with E-state index in [2.05, 4.69) is 11.4 Å². The van der Waals surface area contributed by atoms with Gasteiger partial charge in [0.1, 0.15) is 5.75 Å². The maximum Gasteiger partial charge on any atom is 0.253 e. The van der Waals surface area contributed by atoms with Crippen LogP contribution in [-0.2, 0) is 6.54 Å².